The lowest BCUT2D eigenvalue weighted by atomic mass is 9.84. The van der Waals surface area contributed by atoms with Crippen molar-refractivity contribution in [3.63, 3.8) is 0 Å². The van der Waals surface area contributed by atoms with Gasteiger partial charge >= 0.3 is 0 Å². The number of amides is 1. The Kier molecular flexibility index (Phi) is 7.60. The summed E-state index contributed by atoms with van der Waals surface area (Å²) in [7, 11) is 1.56. The quantitative estimate of drug-likeness (QED) is 0.213. The Morgan fingerprint density at radius 2 is 1.67 bits per heavy atom. The molecule has 1 aliphatic heterocycles. The minimum absolute atomic E-state index is 0.0441. The van der Waals surface area contributed by atoms with E-state index in [0.717, 1.165) is 22.3 Å². The van der Waals surface area contributed by atoms with Crippen molar-refractivity contribution in [1.82, 2.24) is 0 Å². The highest BCUT2D eigenvalue weighted by Crippen LogP contribution is 2.45. The molecule has 0 aromatic heterocycles. The number of ketones is 1. The van der Waals surface area contributed by atoms with Gasteiger partial charge in [-0.1, -0.05) is 51.1 Å². The Bertz CT molecular complexity index is 1480. The zero-order chi connectivity index (χ0) is 28.6. The molecule has 6 heteroatoms. The van der Waals surface area contributed by atoms with Crippen LogP contribution in [0, 0.1) is 20.8 Å². The molecule has 3 aromatic carbocycles. The standard InChI is InChI=1S/C33H37NO5/c1-9-39-27-17-22(14-16-26(27)38-8)29-28(30(35)24-18-23(33(5,6)7)15-13-20(24)3)31(36)32(37)34(29)25-12-10-11-19(2)21(25)4/h10-18,29,35H,9H2,1-8H3/b30-28+. The van der Waals surface area contributed by atoms with Gasteiger partial charge in [-0.05, 0) is 85.2 Å². The molecule has 1 amide bonds. The number of hydrogen-bond acceptors (Lipinski definition) is 5. The van der Waals surface area contributed by atoms with Gasteiger partial charge in [-0.3, -0.25) is 14.5 Å². The van der Waals surface area contributed by atoms with Crippen LogP contribution < -0.4 is 14.4 Å². The fraction of sp³-hybridized carbons (Fsp3) is 0.333. The first kappa shape index (κ1) is 28.0. The molecule has 1 fully saturated rings. The third kappa shape index (κ3) is 5.03. The second-order valence-electron chi connectivity index (χ2n) is 11.0. The molecule has 4 rings (SSSR count). The third-order valence-corrected chi connectivity index (χ3v) is 7.44. The van der Waals surface area contributed by atoms with Gasteiger partial charge in [0.1, 0.15) is 5.76 Å². The van der Waals surface area contributed by atoms with E-state index in [4.69, 9.17) is 9.47 Å². The molecule has 204 valence electrons. The first-order chi connectivity index (χ1) is 18.4. The summed E-state index contributed by atoms with van der Waals surface area (Å²) in [5.41, 5.74) is 5.35. The van der Waals surface area contributed by atoms with E-state index in [1.165, 1.54) is 4.90 Å². The number of aryl methyl sites for hydroxylation is 2. The van der Waals surface area contributed by atoms with Gasteiger partial charge in [0, 0.05) is 11.3 Å². The van der Waals surface area contributed by atoms with Crippen LogP contribution in [-0.2, 0) is 15.0 Å². The zero-order valence-electron chi connectivity index (χ0n) is 24.0. The number of rotatable bonds is 6. The summed E-state index contributed by atoms with van der Waals surface area (Å²) in [6.07, 6.45) is 0. The number of benzene rings is 3. The second kappa shape index (κ2) is 10.6. The maximum Gasteiger partial charge on any atom is 0.300 e. The highest BCUT2D eigenvalue weighted by atomic mass is 16.5. The molecule has 0 radical (unpaired) electrons. The average Bonchev–Trinajstić information content (AvgIpc) is 3.15. The van der Waals surface area contributed by atoms with E-state index in [1.54, 1.807) is 19.2 Å². The monoisotopic (exact) mass is 527 g/mol. The van der Waals surface area contributed by atoms with Gasteiger partial charge in [-0.15, -0.1) is 0 Å². The van der Waals surface area contributed by atoms with Crippen molar-refractivity contribution in [3.05, 3.63) is 93.6 Å². The molecule has 1 N–H and O–H groups in total. The van der Waals surface area contributed by atoms with Gasteiger partial charge in [0.05, 0.1) is 25.3 Å². The van der Waals surface area contributed by atoms with E-state index in [-0.39, 0.29) is 16.7 Å². The van der Waals surface area contributed by atoms with Crippen molar-refractivity contribution in [1.29, 1.82) is 0 Å². The van der Waals surface area contributed by atoms with Gasteiger partial charge in [0.15, 0.2) is 11.5 Å². The molecule has 1 atom stereocenters. The number of nitrogens with zero attached hydrogens (tertiary/aromatic N) is 1. The molecule has 6 nitrogen and oxygen atoms in total. The Labute approximate surface area is 230 Å². The number of ether oxygens (including phenoxy) is 2. The first-order valence-corrected chi connectivity index (χ1v) is 13.2. The van der Waals surface area contributed by atoms with Gasteiger partial charge < -0.3 is 14.6 Å². The maximum absolute atomic E-state index is 13.7. The Hall–Kier alpha value is -4.06. The SMILES string of the molecule is CCOc1cc(C2/C(=C(\O)c3cc(C(C)(C)C)ccc3C)C(=O)C(=O)N2c2cccc(C)c2C)ccc1OC. The molecular weight excluding hydrogens is 490 g/mol. The lowest BCUT2D eigenvalue weighted by Gasteiger charge is -2.28. The van der Waals surface area contributed by atoms with E-state index in [2.05, 4.69) is 20.8 Å². The maximum atomic E-state index is 13.7. The average molecular weight is 528 g/mol. The predicted octanol–water partition coefficient (Wildman–Crippen LogP) is 6.94. The highest BCUT2D eigenvalue weighted by molar-refractivity contribution is 6.51. The number of aliphatic hydroxyl groups excluding tert-OH is 1. The molecule has 3 aromatic rings. The van der Waals surface area contributed by atoms with Crippen LogP contribution in [0.4, 0.5) is 5.69 Å². The lowest BCUT2D eigenvalue weighted by Crippen LogP contribution is -2.30. The van der Waals surface area contributed by atoms with E-state index < -0.39 is 17.7 Å². The van der Waals surface area contributed by atoms with Crippen molar-refractivity contribution >= 4 is 23.1 Å². The van der Waals surface area contributed by atoms with Crippen molar-refractivity contribution < 1.29 is 24.2 Å². The largest absolute Gasteiger partial charge is 0.507 e. The van der Waals surface area contributed by atoms with Crippen LogP contribution in [0.1, 0.15) is 67.1 Å². The lowest BCUT2D eigenvalue weighted by molar-refractivity contribution is -0.132. The number of hydrogen-bond donors (Lipinski definition) is 1. The summed E-state index contributed by atoms with van der Waals surface area (Å²) < 4.78 is 11.3. The Balaban J connectivity index is 2.04. The molecule has 0 aliphatic carbocycles. The number of carbonyl (C=O) groups is 2. The highest BCUT2D eigenvalue weighted by Gasteiger charge is 2.47. The van der Waals surface area contributed by atoms with Gasteiger partial charge in [0.2, 0.25) is 0 Å². The smallest absolute Gasteiger partial charge is 0.300 e. The van der Waals surface area contributed by atoms with Gasteiger partial charge in [-0.2, -0.15) is 0 Å². The Morgan fingerprint density at radius 3 is 2.31 bits per heavy atom. The first-order valence-electron chi connectivity index (χ1n) is 13.2. The Morgan fingerprint density at radius 1 is 0.949 bits per heavy atom. The van der Waals surface area contributed by atoms with Crippen molar-refractivity contribution in [3.8, 4) is 11.5 Å². The van der Waals surface area contributed by atoms with Crippen LogP contribution in [0.3, 0.4) is 0 Å². The minimum Gasteiger partial charge on any atom is -0.507 e. The summed E-state index contributed by atoms with van der Waals surface area (Å²) >= 11 is 0. The van der Waals surface area contributed by atoms with Crippen LogP contribution in [0.5, 0.6) is 11.5 Å². The summed E-state index contributed by atoms with van der Waals surface area (Å²) in [4.78, 5) is 29.0. The van der Waals surface area contributed by atoms with E-state index in [9.17, 15) is 14.7 Å². The molecule has 0 saturated carbocycles. The van der Waals surface area contributed by atoms with Gasteiger partial charge in [-0.25, -0.2) is 0 Å². The summed E-state index contributed by atoms with van der Waals surface area (Å²) in [6.45, 7) is 14.3. The molecule has 1 saturated heterocycles. The van der Waals surface area contributed by atoms with Crippen LogP contribution in [-0.4, -0.2) is 30.5 Å². The minimum atomic E-state index is -0.867. The summed E-state index contributed by atoms with van der Waals surface area (Å²) in [6, 6.07) is 16.0. The molecule has 0 spiro atoms. The summed E-state index contributed by atoms with van der Waals surface area (Å²) in [5.74, 6) is -0.571. The van der Waals surface area contributed by atoms with E-state index >= 15 is 0 Å². The van der Waals surface area contributed by atoms with Crippen LogP contribution in [0.25, 0.3) is 5.76 Å². The van der Waals surface area contributed by atoms with Crippen LogP contribution in [0.15, 0.2) is 60.2 Å². The fourth-order valence-corrected chi connectivity index (χ4v) is 5.01. The molecule has 39 heavy (non-hydrogen) atoms. The molecule has 0 bridgehead atoms. The number of carbonyl (C=O) groups excluding carboxylic acids is 2. The molecule has 1 aliphatic rings. The second-order valence-corrected chi connectivity index (χ2v) is 11.0. The molecular formula is C33H37NO5. The van der Waals surface area contributed by atoms with Crippen LogP contribution in [0.2, 0.25) is 0 Å². The fourth-order valence-electron chi connectivity index (χ4n) is 5.01. The molecule has 1 unspecified atom stereocenters. The zero-order valence-corrected chi connectivity index (χ0v) is 24.0. The van der Waals surface area contributed by atoms with Crippen molar-refractivity contribution in [2.75, 3.05) is 18.6 Å². The topological polar surface area (TPSA) is 76.1 Å². The van der Waals surface area contributed by atoms with Crippen LogP contribution >= 0.6 is 0 Å². The summed E-state index contributed by atoms with van der Waals surface area (Å²) in [5, 5.41) is 11.8. The number of methoxy groups -OCH3 is 1. The number of anilines is 1. The van der Waals surface area contributed by atoms with Crippen molar-refractivity contribution in [2.45, 2.75) is 59.9 Å². The number of aliphatic hydroxyl groups is 1. The molecule has 1 heterocycles. The number of Topliss-reactive ketones (excluding diaryl/α,β-unsaturated/α-hetero) is 1. The van der Waals surface area contributed by atoms with Gasteiger partial charge in [0.25, 0.3) is 11.7 Å². The van der Waals surface area contributed by atoms with E-state index in [0.29, 0.717) is 34.9 Å². The predicted molar refractivity (Wildman–Crippen MR) is 155 cm³/mol. The van der Waals surface area contributed by atoms with Crippen molar-refractivity contribution in [2.24, 2.45) is 0 Å². The third-order valence-electron chi connectivity index (χ3n) is 7.44. The normalized spacial score (nSPS) is 17.0. The van der Waals surface area contributed by atoms with E-state index in [1.807, 2.05) is 70.2 Å².